The molecule has 6 nitrogen and oxygen atoms in total. The monoisotopic (exact) mass is 528 g/mol. The van der Waals surface area contributed by atoms with Crippen LogP contribution in [0.5, 0.6) is 0 Å². The Morgan fingerprint density at radius 1 is 0.921 bits per heavy atom. The van der Waals surface area contributed by atoms with Gasteiger partial charge in [0, 0.05) is 5.92 Å². The minimum Gasteiger partial charge on any atom is -0.481 e. The van der Waals surface area contributed by atoms with Gasteiger partial charge in [0.1, 0.15) is 6.61 Å². The molecule has 0 radical (unpaired) electrons. The zero-order valence-corrected chi connectivity index (χ0v) is 24.5. The van der Waals surface area contributed by atoms with Crippen molar-refractivity contribution in [2.45, 2.75) is 112 Å². The molecule has 0 aliphatic heterocycles. The van der Waals surface area contributed by atoms with E-state index < -0.39 is 17.4 Å². The van der Waals surface area contributed by atoms with E-state index in [4.69, 9.17) is 4.74 Å². The highest BCUT2D eigenvalue weighted by Crippen LogP contribution is 2.75. The lowest BCUT2D eigenvalue weighted by Crippen LogP contribution is -2.66. The third kappa shape index (κ3) is 3.57. The van der Waals surface area contributed by atoms with Crippen molar-refractivity contribution in [1.82, 2.24) is 0 Å². The molecule has 4 saturated carbocycles. The number of carbonyl (C=O) groups is 3. The second-order valence-electron chi connectivity index (χ2n) is 15.6. The van der Waals surface area contributed by atoms with E-state index in [9.17, 15) is 24.6 Å². The quantitative estimate of drug-likeness (QED) is 0.431. The zero-order chi connectivity index (χ0) is 28.1. The normalized spacial score (nSPS) is 49.6. The highest BCUT2D eigenvalue weighted by molar-refractivity contribution is 5.95. The molecular formula is C32H48O6. The number of aliphatic carboxylic acids is 2. The number of hydrogen-bond acceptors (Lipinski definition) is 4. The number of carboxylic acids is 2. The SMILES string of the molecule is CC1(C)[C@@H](OCC(=O)O)CC[C@]2(C)[C@H]3C(=O)C=C4[C@@H]5C[C@@](C)(C(=O)O)CC[C@]5(C)CC[C@@]4(C)[C@]3(C)CC[C@@H]12. The Bertz CT molecular complexity index is 1090. The summed E-state index contributed by atoms with van der Waals surface area (Å²) >= 11 is 0. The van der Waals surface area contributed by atoms with Crippen molar-refractivity contribution in [2.24, 2.45) is 50.2 Å². The summed E-state index contributed by atoms with van der Waals surface area (Å²) in [7, 11) is 0. The minimum absolute atomic E-state index is 0.0480. The van der Waals surface area contributed by atoms with Crippen LogP contribution in [0.1, 0.15) is 106 Å². The highest BCUT2D eigenvalue weighted by Gasteiger charge is 2.70. The standard InChI is InChI=1S/C32H48O6/c1-27(2)22-8-11-32(7)25(30(22,5)10-9-23(27)38-18-24(34)35)21(33)16-19-20-17-29(4,26(36)37)13-12-28(20,3)14-15-31(19,32)6/h16,20,22-23,25H,8-15,17-18H2,1-7H3,(H,34,35)(H,36,37)/t20-,22-,23-,25+,28+,29-,30-,31+,32+/m0/s1. The Hall–Kier alpha value is -1.69. The molecule has 0 aromatic carbocycles. The molecule has 5 aliphatic rings. The number of allylic oxidation sites excluding steroid dienone is 2. The van der Waals surface area contributed by atoms with Gasteiger partial charge in [-0.15, -0.1) is 0 Å². The second-order valence-corrected chi connectivity index (χ2v) is 15.6. The first kappa shape index (κ1) is 27.9. The molecule has 4 fully saturated rings. The Labute approximate surface area is 228 Å². The number of ketones is 1. The summed E-state index contributed by atoms with van der Waals surface area (Å²) in [6.07, 6.45) is 9.76. The number of fused-ring (bicyclic) bond motifs is 7. The van der Waals surface area contributed by atoms with Gasteiger partial charge in [0.15, 0.2) is 5.78 Å². The van der Waals surface area contributed by atoms with Crippen molar-refractivity contribution >= 4 is 17.7 Å². The number of hydrogen-bond donors (Lipinski definition) is 2. The summed E-state index contributed by atoms with van der Waals surface area (Å²) in [6.45, 7) is 15.4. The summed E-state index contributed by atoms with van der Waals surface area (Å²) in [5, 5.41) is 19.3. The smallest absolute Gasteiger partial charge is 0.329 e. The van der Waals surface area contributed by atoms with Gasteiger partial charge in [-0.1, -0.05) is 47.1 Å². The van der Waals surface area contributed by atoms with Crippen LogP contribution in [-0.4, -0.2) is 40.6 Å². The number of carboxylic acid groups (broad SMARTS) is 2. The van der Waals surface area contributed by atoms with Crippen LogP contribution in [0, 0.1) is 50.2 Å². The number of ether oxygens (including phenoxy) is 1. The van der Waals surface area contributed by atoms with Gasteiger partial charge in [0.25, 0.3) is 0 Å². The van der Waals surface area contributed by atoms with Gasteiger partial charge < -0.3 is 14.9 Å². The Morgan fingerprint density at radius 2 is 1.58 bits per heavy atom. The van der Waals surface area contributed by atoms with Crippen LogP contribution in [-0.2, 0) is 19.1 Å². The molecule has 5 aliphatic carbocycles. The van der Waals surface area contributed by atoms with Crippen LogP contribution < -0.4 is 0 Å². The molecular weight excluding hydrogens is 480 g/mol. The lowest BCUT2D eigenvalue weighted by molar-refractivity contribution is -0.210. The van der Waals surface area contributed by atoms with Crippen LogP contribution in [0.4, 0.5) is 0 Å². The molecule has 6 heteroatoms. The van der Waals surface area contributed by atoms with E-state index in [-0.39, 0.29) is 63.3 Å². The Morgan fingerprint density at radius 3 is 2.21 bits per heavy atom. The van der Waals surface area contributed by atoms with Gasteiger partial charge in [-0.2, -0.15) is 0 Å². The fourth-order valence-electron chi connectivity index (χ4n) is 10.8. The van der Waals surface area contributed by atoms with Crippen molar-refractivity contribution < 1.29 is 29.3 Å². The Balaban J connectivity index is 1.55. The maximum atomic E-state index is 14.4. The maximum absolute atomic E-state index is 14.4. The minimum atomic E-state index is -0.940. The summed E-state index contributed by atoms with van der Waals surface area (Å²) in [5.74, 6) is -1.12. The predicted molar refractivity (Wildman–Crippen MR) is 144 cm³/mol. The fraction of sp³-hybridized carbons (Fsp3) is 0.844. The molecule has 0 saturated heterocycles. The van der Waals surface area contributed by atoms with E-state index in [1.165, 1.54) is 5.57 Å². The van der Waals surface area contributed by atoms with Gasteiger partial charge in [0.2, 0.25) is 0 Å². The first-order valence-corrected chi connectivity index (χ1v) is 14.8. The first-order chi connectivity index (χ1) is 17.4. The van der Waals surface area contributed by atoms with Gasteiger partial charge >= 0.3 is 11.9 Å². The second kappa shape index (κ2) is 8.41. The molecule has 0 amide bonds. The topological polar surface area (TPSA) is 101 Å². The van der Waals surface area contributed by atoms with Crippen LogP contribution in [0.15, 0.2) is 11.6 Å². The van der Waals surface area contributed by atoms with Crippen molar-refractivity contribution in [3.05, 3.63) is 11.6 Å². The van der Waals surface area contributed by atoms with Gasteiger partial charge in [-0.05, 0) is 110 Å². The fourth-order valence-corrected chi connectivity index (χ4v) is 10.8. The molecule has 212 valence electrons. The number of carbonyl (C=O) groups excluding carboxylic acids is 1. The van der Waals surface area contributed by atoms with Gasteiger partial charge in [-0.3, -0.25) is 9.59 Å². The summed E-state index contributed by atoms with van der Waals surface area (Å²) < 4.78 is 5.91. The largest absolute Gasteiger partial charge is 0.481 e. The maximum Gasteiger partial charge on any atom is 0.329 e. The van der Waals surface area contributed by atoms with E-state index in [0.717, 1.165) is 44.9 Å². The van der Waals surface area contributed by atoms with E-state index >= 15 is 0 Å². The van der Waals surface area contributed by atoms with Crippen LogP contribution in [0.3, 0.4) is 0 Å². The van der Waals surface area contributed by atoms with Crippen molar-refractivity contribution in [2.75, 3.05) is 6.61 Å². The molecule has 2 N–H and O–H groups in total. The highest BCUT2D eigenvalue weighted by atomic mass is 16.5. The van der Waals surface area contributed by atoms with Crippen molar-refractivity contribution in [1.29, 1.82) is 0 Å². The molecule has 0 aromatic rings. The van der Waals surface area contributed by atoms with Crippen molar-refractivity contribution in [3.63, 3.8) is 0 Å². The average Bonchev–Trinajstić information content (AvgIpc) is 2.80. The first-order valence-electron chi connectivity index (χ1n) is 14.8. The van der Waals surface area contributed by atoms with E-state index in [2.05, 4.69) is 41.5 Å². The molecule has 0 spiro atoms. The van der Waals surface area contributed by atoms with Crippen LogP contribution >= 0.6 is 0 Å². The molecule has 0 unspecified atom stereocenters. The average molecular weight is 529 g/mol. The van der Waals surface area contributed by atoms with Crippen LogP contribution in [0.25, 0.3) is 0 Å². The van der Waals surface area contributed by atoms with Gasteiger partial charge in [-0.25, -0.2) is 4.79 Å². The third-order valence-corrected chi connectivity index (χ3v) is 13.4. The number of rotatable bonds is 4. The van der Waals surface area contributed by atoms with Crippen molar-refractivity contribution in [3.8, 4) is 0 Å². The summed E-state index contributed by atoms with van der Waals surface area (Å²) in [4.78, 5) is 37.9. The van der Waals surface area contributed by atoms with E-state index in [1.807, 2.05) is 13.0 Å². The summed E-state index contributed by atoms with van der Waals surface area (Å²) in [5.41, 5.74) is -0.207. The lowest BCUT2D eigenvalue weighted by Gasteiger charge is -2.70. The molecule has 0 aromatic heterocycles. The molecule has 38 heavy (non-hydrogen) atoms. The molecule has 9 atom stereocenters. The lowest BCUT2D eigenvalue weighted by atomic mass is 9.33. The Kier molecular flexibility index (Phi) is 6.16. The molecule has 5 rings (SSSR count). The third-order valence-electron chi connectivity index (χ3n) is 13.4. The molecule has 0 heterocycles. The van der Waals surface area contributed by atoms with E-state index in [0.29, 0.717) is 12.8 Å². The van der Waals surface area contributed by atoms with Crippen LogP contribution in [0.2, 0.25) is 0 Å². The summed E-state index contributed by atoms with van der Waals surface area (Å²) in [6, 6.07) is 0. The van der Waals surface area contributed by atoms with E-state index in [1.54, 1.807) is 0 Å². The molecule has 0 bridgehead atoms. The predicted octanol–water partition coefficient (Wildman–Crippen LogP) is 6.52. The van der Waals surface area contributed by atoms with Gasteiger partial charge in [0.05, 0.1) is 11.5 Å². The zero-order valence-electron chi connectivity index (χ0n) is 24.5.